The molecule has 0 aliphatic rings. The van der Waals surface area contributed by atoms with Crippen LogP contribution in [0.2, 0.25) is 0 Å². The van der Waals surface area contributed by atoms with Crippen LogP contribution in [-0.4, -0.2) is 42.0 Å². The maximum atomic E-state index is 11.6. The normalized spacial score (nSPS) is 15.1. The number of rotatable bonds is 10. The first kappa shape index (κ1) is 15.1. The van der Waals surface area contributed by atoms with Gasteiger partial charge in [0.25, 0.3) is 0 Å². The maximum Gasteiger partial charge on any atom is 0.0577 e. The van der Waals surface area contributed by atoms with Gasteiger partial charge in [0.2, 0.25) is 0 Å². The van der Waals surface area contributed by atoms with Crippen LogP contribution in [0.5, 0.6) is 0 Å². The lowest BCUT2D eigenvalue weighted by atomic mass is 10.2. The van der Waals surface area contributed by atoms with Gasteiger partial charge in [0.1, 0.15) is 0 Å². The van der Waals surface area contributed by atoms with Crippen molar-refractivity contribution in [3.63, 3.8) is 0 Å². The predicted molar refractivity (Wildman–Crippen MR) is 66.7 cm³/mol. The van der Waals surface area contributed by atoms with Crippen molar-refractivity contribution in [1.82, 2.24) is 5.32 Å². The van der Waals surface area contributed by atoms with E-state index >= 15 is 0 Å². The minimum atomic E-state index is -0.742. The summed E-state index contributed by atoms with van der Waals surface area (Å²) in [5, 5.41) is 3.44. The summed E-state index contributed by atoms with van der Waals surface area (Å²) in [5.74, 6) is 1.42. The van der Waals surface area contributed by atoms with E-state index < -0.39 is 10.8 Å². The van der Waals surface area contributed by atoms with Crippen LogP contribution in [-0.2, 0) is 15.5 Å². The van der Waals surface area contributed by atoms with Crippen molar-refractivity contribution in [2.45, 2.75) is 39.2 Å². The van der Waals surface area contributed by atoms with Crippen LogP contribution in [0.4, 0.5) is 0 Å². The molecular formula is C11H25NO2S. The summed E-state index contributed by atoms with van der Waals surface area (Å²) in [6.07, 6.45) is 3.38. The van der Waals surface area contributed by atoms with Gasteiger partial charge in [0, 0.05) is 35.5 Å². The largest absolute Gasteiger partial charge is 0.384 e. The molecule has 0 fully saturated rings. The second-order valence-electron chi connectivity index (χ2n) is 3.74. The third-order valence-corrected chi connectivity index (χ3v) is 3.62. The van der Waals surface area contributed by atoms with Crippen LogP contribution < -0.4 is 5.32 Å². The van der Waals surface area contributed by atoms with Gasteiger partial charge >= 0.3 is 0 Å². The molecule has 15 heavy (non-hydrogen) atoms. The second-order valence-corrected chi connectivity index (χ2v) is 5.36. The smallest absolute Gasteiger partial charge is 0.0577 e. The third kappa shape index (κ3) is 9.03. The molecule has 2 atom stereocenters. The van der Waals surface area contributed by atoms with E-state index in [1.165, 1.54) is 0 Å². The minimum Gasteiger partial charge on any atom is -0.384 e. The minimum absolute atomic E-state index is 0.410. The Morgan fingerprint density at radius 3 is 2.60 bits per heavy atom. The van der Waals surface area contributed by atoms with E-state index in [9.17, 15) is 4.21 Å². The van der Waals surface area contributed by atoms with E-state index in [0.29, 0.717) is 18.4 Å². The highest BCUT2D eigenvalue weighted by Gasteiger charge is 2.10. The molecule has 0 aromatic carbocycles. The monoisotopic (exact) mass is 235 g/mol. The van der Waals surface area contributed by atoms with Gasteiger partial charge < -0.3 is 10.1 Å². The number of hydrogen-bond donors (Lipinski definition) is 1. The van der Waals surface area contributed by atoms with Crippen molar-refractivity contribution in [3.8, 4) is 0 Å². The Labute approximate surface area is 96.4 Å². The summed E-state index contributed by atoms with van der Waals surface area (Å²) in [6, 6.07) is 0.410. The Bertz CT molecular complexity index is 165. The fraction of sp³-hybridized carbons (Fsp3) is 1.00. The highest BCUT2D eigenvalue weighted by atomic mass is 32.2. The highest BCUT2D eigenvalue weighted by molar-refractivity contribution is 7.85. The fourth-order valence-corrected chi connectivity index (χ4v) is 2.68. The summed E-state index contributed by atoms with van der Waals surface area (Å²) < 4.78 is 16.6. The Balaban J connectivity index is 3.76. The molecule has 0 aromatic rings. The molecule has 0 saturated carbocycles. The first-order valence-electron chi connectivity index (χ1n) is 5.81. The molecular weight excluding hydrogens is 210 g/mol. The maximum absolute atomic E-state index is 11.6. The number of nitrogens with one attached hydrogen (secondary N) is 1. The molecule has 0 aliphatic carbocycles. The molecule has 4 heteroatoms. The van der Waals surface area contributed by atoms with E-state index in [4.69, 9.17) is 4.74 Å². The zero-order chi connectivity index (χ0) is 11.5. The first-order valence-corrected chi connectivity index (χ1v) is 7.30. The molecule has 0 saturated heterocycles. The zero-order valence-electron chi connectivity index (χ0n) is 10.3. The Hall–Kier alpha value is 0.0700. The fourth-order valence-electron chi connectivity index (χ4n) is 1.43. The molecule has 0 spiro atoms. The van der Waals surface area contributed by atoms with E-state index in [2.05, 4.69) is 19.2 Å². The van der Waals surface area contributed by atoms with Gasteiger partial charge in [-0.2, -0.15) is 0 Å². The van der Waals surface area contributed by atoms with Crippen molar-refractivity contribution >= 4 is 10.8 Å². The summed E-state index contributed by atoms with van der Waals surface area (Å²) in [5.41, 5.74) is 0. The SMILES string of the molecule is CCCNC(CCC)CS(=O)CCOC. The molecule has 0 bridgehead atoms. The lowest BCUT2D eigenvalue weighted by Gasteiger charge is -2.17. The average Bonchev–Trinajstić information content (AvgIpc) is 2.23. The molecule has 92 valence electrons. The first-order chi connectivity index (χ1) is 7.24. The molecule has 1 N–H and O–H groups in total. The quantitative estimate of drug-likeness (QED) is 0.624. The van der Waals surface area contributed by atoms with Crippen molar-refractivity contribution < 1.29 is 8.95 Å². The molecule has 3 nitrogen and oxygen atoms in total. The summed E-state index contributed by atoms with van der Waals surface area (Å²) in [7, 11) is 0.906. The molecule has 0 rings (SSSR count). The highest BCUT2D eigenvalue weighted by Crippen LogP contribution is 2.00. The van der Waals surface area contributed by atoms with Gasteiger partial charge in [-0.1, -0.05) is 20.3 Å². The molecule has 0 aromatic heterocycles. The number of hydrogen-bond acceptors (Lipinski definition) is 3. The van der Waals surface area contributed by atoms with Crippen molar-refractivity contribution in [2.75, 3.05) is 31.8 Å². The van der Waals surface area contributed by atoms with E-state index in [1.54, 1.807) is 7.11 Å². The molecule has 0 heterocycles. The van der Waals surface area contributed by atoms with Crippen LogP contribution >= 0.6 is 0 Å². The van der Waals surface area contributed by atoms with E-state index in [-0.39, 0.29) is 0 Å². The Morgan fingerprint density at radius 2 is 2.07 bits per heavy atom. The summed E-state index contributed by atoms with van der Waals surface area (Å²) in [4.78, 5) is 0. The zero-order valence-corrected chi connectivity index (χ0v) is 11.1. The summed E-state index contributed by atoms with van der Waals surface area (Å²) >= 11 is 0. The molecule has 0 radical (unpaired) electrons. The van der Waals surface area contributed by atoms with Crippen LogP contribution in [0.1, 0.15) is 33.1 Å². The summed E-state index contributed by atoms with van der Waals surface area (Å²) in [6.45, 7) is 5.93. The molecule has 0 amide bonds. The van der Waals surface area contributed by atoms with Crippen LogP contribution in [0.15, 0.2) is 0 Å². The van der Waals surface area contributed by atoms with Gasteiger partial charge in [-0.15, -0.1) is 0 Å². The van der Waals surface area contributed by atoms with Gasteiger partial charge in [0.05, 0.1) is 6.61 Å². The van der Waals surface area contributed by atoms with E-state index in [1.807, 2.05) is 0 Å². The number of methoxy groups -OCH3 is 1. The average molecular weight is 235 g/mol. The molecule has 0 aliphatic heterocycles. The van der Waals surface area contributed by atoms with Gasteiger partial charge in [-0.25, -0.2) is 0 Å². The molecule has 2 unspecified atom stereocenters. The third-order valence-electron chi connectivity index (χ3n) is 2.22. The van der Waals surface area contributed by atoms with Crippen LogP contribution in [0.25, 0.3) is 0 Å². The second kappa shape index (κ2) is 10.6. The van der Waals surface area contributed by atoms with Crippen molar-refractivity contribution in [1.29, 1.82) is 0 Å². The van der Waals surface area contributed by atoms with Crippen molar-refractivity contribution in [2.24, 2.45) is 0 Å². The lowest BCUT2D eigenvalue weighted by molar-refractivity contribution is 0.218. The lowest BCUT2D eigenvalue weighted by Crippen LogP contribution is -2.35. The Morgan fingerprint density at radius 1 is 1.33 bits per heavy atom. The topological polar surface area (TPSA) is 38.3 Å². The standard InChI is InChI=1S/C11H25NO2S/c1-4-6-11(12-7-5-2)10-15(13)9-8-14-3/h11-12H,4-10H2,1-3H3. The van der Waals surface area contributed by atoms with Crippen LogP contribution in [0.3, 0.4) is 0 Å². The Kier molecular flexibility index (Phi) is 10.6. The van der Waals surface area contributed by atoms with E-state index in [0.717, 1.165) is 31.6 Å². The van der Waals surface area contributed by atoms with Gasteiger partial charge in [0.15, 0.2) is 0 Å². The van der Waals surface area contributed by atoms with Crippen molar-refractivity contribution in [3.05, 3.63) is 0 Å². The van der Waals surface area contributed by atoms with Gasteiger partial charge in [-0.3, -0.25) is 4.21 Å². The van der Waals surface area contributed by atoms with Crippen LogP contribution in [0, 0.1) is 0 Å². The predicted octanol–water partition coefficient (Wildman–Crippen LogP) is 1.55. The number of ether oxygens (including phenoxy) is 1. The van der Waals surface area contributed by atoms with Gasteiger partial charge in [-0.05, 0) is 19.4 Å².